The van der Waals surface area contributed by atoms with Crippen LogP contribution in [0.1, 0.15) is 5.76 Å². The molecule has 2 aromatic carbocycles. The fraction of sp³-hybridized carbons (Fsp3) is 0.0556. The summed E-state index contributed by atoms with van der Waals surface area (Å²) in [5.41, 5.74) is 12.6. The van der Waals surface area contributed by atoms with E-state index < -0.39 is 0 Å². The van der Waals surface area contributed by atoms with E-state index in [0.29, 0.717) is 11.3 Å². The Hall–Kier alpha value is -3.45. The van der Waals surface area contributed by atoms with Crippen molar-refractivity contribution in [3.63, 3.8) is 0 Å². The summed E-state index contributed by atoms with van der Waals surface area (Å²) in [7, 11) is 0. The van der Waals surface area contributed by atoms with Gasteiger partial charge in [-0.1, -0.05) is 41.6 Å². The van der Waals surface area contributed by atoms with Gasteiger partial charge in [0.25, 0.3) is 0 Å². The smallest absolute Gasteiger partial charge is 0.222 e. The molecule has 0 amide bonds. The van der Waals surface area contributed by atoms with Crippen molar-refractivity contribution in [3.8, 4) is 22.4 Å². The summed E-state index contributed by atoms with van der Waals surface area (Å²) in [5.74, 6) is 6.95. The summed E-state index contributed by atoms with van der Waals surface area (Å²) in [6.07, 6.45) is 0. The van der Waals surface area contributed by atoms with Gasteiger partial charge in [0.15, 0.2) is 5.82 Å². The van der Waals surface area contributed by atoms with Gasteiger partial charge in [-0.2, -0.15) is 4.98 Å². The lowest BCUT2D eigenvalue weighted by Gasteiger charge is -2.08. The summed E-state index contributed by atoms with van der Waals surface area (Å²) in [4.78, 5) is 8.38. The number of rotatable bonds is 3. The Bertz CT molecular complexity index is 1060. The van der Waals surface area contributed by atoms with Crippen LogP contribution < -0.4 is 17.0 Å². The number of nitrogens with two attached hydrogens (primary N) is 2. The zero-order valence-corrected chi connectivity index (χ0v) is 13.5. The van der Waals surface area contributed by atoms with Gasteiger partial charge in [0.05, 0.1) is 11.1 Å². The molecule has 0 unspecified atom stereocenters. The molecule has 124 valence electrons. The van der Waals surface area contributed by atoms with Crippen LogP contribution in [0.4, 0.5) is 11.8 Å². The number of nitrogens with one attached hydrogen (secondary N) is 1. The van der Waals surface area contributed by atoms with E-state index >= 15 is 0 Å². The summed E-state index contributed by atoms with van der Waals surface area (Å²) in [5, 5.41) is 5.00. The van der Waals surface area contributed by atoms with E-state index in [1.54, 1.807) is 0 Å². The van der Waals surface area contributed by atoms with E-state index in [2.05, 4.69) is 20.6 Å². The van der Waals surface area contributed by atoms with Crippen LogP contribution in [0.15, 0.2) is 53.1 Å². The molecule has 0 saturated heterocycles. The number of nitrogens with zero attached hydrogens (tertiary/aromatic N) is 3. The van der Waals surface area contributed by atoms with E-state index in [9.17, 15) is 0 Å². The number of benzene rings is 2. The van der Waals surface area contributed by atoms with E-state index in [4.69, 9.17) is 16.1 Å². The SMILES string of the molecule is Cc1onc(-c2ccccc2)c1-c1ccc2nc(N)nc(NN)c2c1. The predicted octanol–water partition coefficient (Wildman–Crippen LogP) is 3.13. The molecule has 0 bridgehead atoms. The molecule has 0 saturated carbocycles. The molecule has 5 N–H and O–H groups in total. The van der Waals surface area contributed by atoms with Crippen molar-refractivity contribution >= 4 is 22.7 Å². The monoisotopic (exact) mass is 332 g/mol. The van der Waals surface area contributed by atoms with Crippen LogP contribution in [-0.2, 0) is 0 Å². The third-order valence-corrected chi connectivity index (χ3v) is 4.05. The van der Waals surface area contributed by atoms with Crippen molar-refractivity contribution in [1.29, 1.82) is 0 Å². The van der Waals surface area contributed by atoms with E-state index in [-0.39, 0.29) is 5.95 Å². The molecular formula is C18H16N6O. The number of hydrogen-bond donors (Lipinski definition) is 3. The molecule has 2 heterocycles. The fourth-order valence-corrected chi connectivity index (χ4v) is 2.92. The third-order valence-electron chi connectivity index (χ3n) is 4.05. The quantitative estimate of drug-likeness (QED) is 0.390. The highest BCUT2D eigenvalue weighted by atomic mass is 16.5. The predicted molar refractivity (Wildman–Crippen MR) is 97.4 cm³/mol. The third kappa shape index (κ3) is 2.56. The fourth-order valence-electron chi connectivity index (χ4n) is 2.92. The summed E-state index contributed by atoms with van der Waals surface area (Å²) in [6.45, 7) is 1.89. The van der Waals surface area contributed by atoms with Gasteiger partial charge in [-0.15, -0.1) is 0 Å². The lowest BCUT2D eigenvalue weighted by molar-refractivity contribution is 0.400. The summed E-state index contributed by atoms with van der Waals surface area (Å²) >= 11 is 0. The molecule has 0 aliphatic heterocycles. The molecule has 4 rings (SSSR count). The highest BCUT2D eigenvalue weighted by molar-refractivity contribution is 5.95. The summed E-state index contributed by atoms with van der Waals surface area (Å²) in [6, 6.07) is 15.7. The first kappa shape index (κ1) is 15.1. The van der Waals surface area contributed by atoms with Gasteiger partial charge >= 0.3 is 0 Å². The van der Waals surface area contributed by atoms with Crippen molar-refractivity contribution in [1.82, 2.24) is 15.1 Å². The van der Waals surface area contributed by atoms with Gasteiger partial charge in [-0.25, -0.2) is 10.8 Å². The zero-order chi connectivity index (χ0) is 17.4. The van der Waals surface area contributed by atoms with Crippen LogP contribution in [0.5, 0.6) is 0 Å². The average molecular weight is 332 g/mol. The number of aryl methyl sites for hydroxylation is 1. The van der Waals surface area contributed by atoms with Crippen molar-refractivity contribution in [2.24, 2.45) is 5.84 Å². The minimum Gasteiger partial charge on any atom is -0.368 e. The van der Waals surface area contributed by atoms with Gasteiger partial charge in [0, 0.05) is 10.9 Å². The Labute approximate surface area is 143 Å². The second-order valence-corrected chi connectivity index (χ2v) is 5.64. The Morgan fingerprint density at radius 3 is 2.56 bits per heavy atom. The van der Waals surface area contributed by atoms with Crippen LogP contribution in [0, 0.1) is 6.92 Å². The summed E-state index contributed by atoms with van der Waals surface area (Å²) < 4.78 is 5.45. The molecule has 7 nitrogen and oxygen atoms in total. The second kappa shape index (κ2) is 5.88. The Balaban J connectivity index is 1.94. The number of nitrogen functional groups attached to an aromatic ring is 2. The number of hydrazine groups is 1. The molecule has 0 spiro atoms. The number of hydrogen-bond acceptors (Lipinski definition) is 7. The first-order valence-electron chi connectivity index (χ1n) is 7.73. The molecule has 25 heavy (non-hydrogen) atoms. The number of fused-ring (bicyclic) bond motifs is 1. The van der Waals surface area contributed by atoms with E-state index in [1.165, 1.54) is 0 Å². The Morgan fingerprint density at radius 2 is 1.80 bits per heavy atom. The molecule has 4 aromatic rings. The van der Waals surface area contributed by atoms with Crippen molar-refractivity contribution in [3.05, 3.63) is 54.3 Å². The average Bonchev–Trinajstić information content (AvgIpc) is 3.03. The second-order valence-electron chi connectivity index (χ2n) is 5.64. The van der Waals surface area contributed by atoms with Crippen LogP contribution in [0.2, 0.25) is 0 Å². The molecule has 0 radical (unpaired) electrons. The largest absolute Gasteiger partial charge is 0.368 e. The zero-order valence-electron chi connectivity index (χ0n) is 13.5. The topological polar surface area (TPSA) is 116 Å². The van der Waals surface area contributed by atoms with Crippen LogP contribution in [0.3, 0.4) is 0 Å². The van der Waals surface area contributed by atoms with Crippen molar-refractivity contribution in [2.45, 2.75) is 6.92 Å². The minimum atomic E-state index is 0.166. The molecule has 0 fully saturated rings. The van der Waals surface area contributed by atoms with Gasteiger partial charge in [-0.3, -0.25) is 0 Å². The molecule has 0 aliphatic carbocycles. The standard InChI is InChI=1S/C18H16N6O/c1-10-15(16(24-25-10)11-5-3-2-4-6-11)12-7-8-14-13(9-12)17(23-20)22-18(19)21-14/h2-9H,20H2,1H3,(H3,19,21,22,23). The van der Waals surface area contributed by atoms with E-state index in [1.807, 2.05) is 55.5 Å². The highest BCUT2D eigenvalue weighted by Gasteiger charge is 2.17. The van der Waals surface area contributed by atoms with Gasteiger partial charge < -0.3 is 15.7 Å². The molecule has 0 aliphatic rings. The molecule has 7 heteroatoms. The Morgan fingerprint density at radius 1 is 1.00 bits per heavy atom. The number of anilines is 2. The van der Waals surface area contributed by atoms with E-state index in [0.717, 1.165) is 33.5 Å². The van der Waals surface area contributed by atoms with Gasteiger partial charge in [0.2, 0.25) is 5.95 Å². The van der Waals surface area contributed by atoms with Crippen LogP contribution >= 0.6 is 0 Å². The van der Waals surface area contributed by atoms with Crippen LogP contribution in [-0.4, -0.2) is 15.1 Å². The van der Waals surface area contributed by atoms with Gasteiger partial charge in [-0.05, 0) is 24.6 Å². The molecule has 2 aromatic heterocycles. The van der Waals surface area contributed by atoms with Crippen molar-refractivity contribution in [2.75, 3.05) is 11.2 Å². The van der Waals surface area contributed by atoms with Crippen molar-refractivity contribution < 1.29 is 4.52 Å². The minimum absolute atomic E-state index is 0.166. The maximum atomic E-state index is 5.71. The molecular weight excluding hydrogens is 316 g/mol. The lowest BCUT2D eigenvalue weighted by atomic mass is 9.98. The maximum absolute atomic E-state index is 5.71. The highest BCUT2D eigenvalue weighted by Crippen LogP contribution is 2.36. The number of aromatic nitrogens is 3. The van der Waals surface area contributed by atoms with Gasteiger partial charge in [0.1, 0.15) is 11.5 Å². The van der Waals surface area contributed by atoms with Crippen LogP contribution in [0.25, 0.3) is 33.3 Å². The first-order valence-corrected chi connectivity index (χ1v) is 7.73. The Kier molecular flexibility index (Phi) is 3.55. The first-order chi connectivity index (χ1) is 12.2. The maximum Gasteiger partial charge on any atom is 0.222 e. The normalized spacial score (nSPS) is 11.0. The lowest BCUT2D eigenvalue weighted by Crippen LogP contribution is -2.11. The molecule has 0 atom stereocenters.